The zero-order valence-electron chi connectivity index (χ0n) is 10.2. The SMILES string of the molecule is CC1CCC(CNc2ccc(OC(F)F)cc2)O1. The standard InChI is InChI=1S/C13H17F2NO2/c1-9-2-5-12(17-9)8-16-10-3-6-11(7-4-10)18-13(14)15/h3-4,6-7,9,12-13,16H,2,5,8H2,1H3. The molecule has 1 aliphatic rings. The summed E-state index contributed by atoms with van der Waals surface area (Å²) < 4.78 is 33.9. The first kappa shape index (κ1) is 13.1. The van der Waals surface area contributed by atoms with Gasteiger partial charge in [0.15, 0.2) is 0 Å². The smallest absolute Gasteiger partial charge is 0.387 e. The van der Waals surface area contributed by atoms with Crippen LogP contribution in [0.2, 0.25) is 0 Å². The Bertz CT molecular complexity index is 370. The topological polar surface area (TPSA) is 30.5 Å². The minimum Gasteiger partial charge on any atom is -0.435 e. The third kappa shape index (κ3) is 3.84. The van der Waals surface area contributed by atoms with Crippen LogP contribution in [0.5, 0.6) is 5.75 Å². The molecule has 0 bridgehead atoms. The number of hydrogen-bond donors (Lipinski definition) is 1. The second-order valence-electron chi connectivity index (χ2n) is 4.43. The Kier molecular flexibility index (Phi) is 4.36. The van der Waals surface area contributed by atoms with E-state index in [0.29, 0.717) is 6.10 Å². The van der Waals surface area contributed by atoms with Crippen molar-refractivity contribution < 1.29 is 18.3 Å². The van der Waals surface area contributed by atoms with Crippen molar-refractivity contribution >= 4 is 5.69 Å². The molecule has 1 heterocycles. The van der Waals surface area contributed by atoms with Crippen LogP contribution in [0.25, 0.3) is 0 Å². The predicted molar refractivity (Wildman–Crippen MR) is 65.1 cm³/mol. The van der Waals surface area contributed by atoms with Crippen LogP contribution in [-0.2, 0) is 4.74 Å². The zero-order valence-corrected chi connectivity index (χ0v) is 10.2. The average molecular weight is 257 g/mol. The number of hydrogen-bond acceptors (Lipinski definition) is 3. The van der Waals surface area contributed by atoms with Crippen molar-refractivity contribution in [2.75, 3.05) is 11.9 Å². The molecule has 1 saturated heterocycles. The third-order valence-electron chi connectivity index (χ3n) is 2.93. The molecule has 2 atom stereocenters. The lowest BCUT2D eigenvalue weighted by molar-refractivity contribution is -0.0498. The first-order valence-corrected chi connectivity index (χ1v) is 6.07. The number of anilines is 1. The van der Waals surface area contributed by atoms with Crippen molar-refractivity contribution in [1.82, 2.24) is 0 Å². The van der Waals surface area contributed by atoms with E-state index in [2.05, 4.69) is 17.0 Å². The normalized spacial score (nSPS) is 23.3. The summed E-state index contributed by atoms with van der Waals surface area (Å²) in [5.74, 6) is 0.168. The van der Waals surface area contributed by atoms with Gasteiger partial charge >= 0.3 is 6.61 Å². The number of alkyl halides is 2. The van der Waals surface area contributed by atoms with Crippen molar-refractivity contribution in [3.8, 4) is 5.75 Å². The van der Waals surface area contributed by atoms with Crippen LogP contribution >= 0.6 is 0 Å². The predicted octanol–water partition coefficient (Wildman–Crippen LogP) is 3.27. The number of rotatable bonds is 5. The zero-order chi connectivity index (χ0) is 13.0. The maximum absolute atomic E-state index is 12.0. The van der Waals surface area contributed by atoms with E-state index in [1.54, 1.807) is 12.1 Å². The summed E-state index contributed by atoms with van der Waals surface area (Å²) in [7, 11) is 0. The van der Waals surface area contributed by atoms with Crippen molar-refractivity contribution in [2.24, 2.45) is 0 Å². The molecule has 1 aromatic rings. The summed E-state index contributed by atoms with van der Waals surface area (Å²) in [6.45, 7) is 0.0211. The highest BCUT2D eigenvalue weighted by Crippen LogP contribution is 2.21. The lowest BCUT2D eigenvalue weighted by Gasteiger charge is -2.13. The molecule has 1 aliphatic heterocycles. The fraction of sp³-hybridized carbons (Fsp3) is 0.538. The molecular weight excluding hydrogens is 240 g/mol. The monoisotopic (exact) mass is 257 g/mol. The molecule has 0 aromatic heterocycles. The van der Waals surface area contributed by atoms with Crippen LogP contribution in [0.1, 0.15) is 19.8 Å². The highest BCUT2D eigenvalue weighted by molar-refractivity contribution is 5.46. The number of nitrogens with one attached hydrogen (secondary N) is 1. The molecule has 1 N–H and O–H groups in total. The summed E-state index contributed by atoms with van der Waals surface area (Å²) in [5, 5.41) is 3.22. The minimum atomic E-state index is -2.78. The van der Waals surface area contributed by atoms with E-state index in [-0.39, 0.29) is 11.9 Å². The second kappa shape index (κ2) is 6.00. The van der Waals surface area contributed by atoms with Gasteiger partial charge in [-0.25, -0.2) is 0 Å². The number of benzene rings is 1. The van der Waals surface area contributed by atoms with Crippen LogP contribution in [-0.4, -0.2) is 25.4 Å². The van der Waals surface area contributed by atoms with Crippen LogP contribution in [0, 0.1) is 0 Å². The molecule has 0 amide bonds. The van der Waals surface area contributed by atoms with E-state index in [1.807, 2.05) is 0 Å². The fourth-order valence-corrected chi connectivity index (χ4v) is 2.02. The van der Waals surface area contributed by atoms with Gasteiger partial charge in [-0.05, 0) is 44.0 Å². The van der Waals surface area contributed by atoms with Gasteiger partial charge in [-0.15, -0.1) is 0 Å². The van der Waals surface area contributed by atoms with Gasteiger partial charge in [0.25, 0.3) is 0 Å². The van der Waals surface area contributed by atoms with E-state index in [9.17, 15) is 8.78 Å². The quantitative estimate of drug-likeness (QED) is 0.878. The first-order chi connectivity index (χ1) is 8.63. The molecule has 3 nitrogen and oxygen atoms in total. The molecule has 2 rings (SSSR count). The molecule has 0 aliphatic carbocycles. The summed E-state index contributed by atoms with van der Waals surface area (Å²) in [6.07, 6.45) is 2.71. The van der Waals surface area contributed by atoms with E-state index >= 15 is 0 Å². The molecule has 5 heteroatoms. The first-order valence-electron chi connectivity index (χ1n) is 6.07. The number of halogens is 2. The van der Waals surface area contributed by atoms with Crippen LogP contribution in [0.4, 0.5) is 14.5 Å². The maximum Gasteiger partial charge on any atom is 0.387 e. The molecule has 0 spiro atoms. The van der Waals surface area contributed by atoms with Gasteiger partial charge in [0.1, 0.15) is 5.75 Å². The molecule has 18 heavy (non-hydrogen) atoms. The van der Waals surface area contributed by atoms with E-state index in [1.165, 1.54) is 12.1 Å². The van der Waals surface area contributed by atoms with E-state index in [0.717, 1.165) is 25.1 Å². The van der Waals surface area contributed by atoms with Gasteiger partial charge in [-0.1, -0.05) is 0 Å². The third-order valence-corrected chi connectivity index (χ3v) is 2.93. The Hall–Kier alpha value is -1.36. The average Bonchev–Trinajstić information content (AvgIpc) is 2.74. The van der Waals surface area contributed by atoms with Crippen LogP contribution in [0.3, 0.4) is 0 Å². The molecule has 1 fully saturated rings. The maximum atomic E-state index is 12.0. The van der Waals surface area contributed by atoms with Gasteiger partial charge in [0.05, 0.1) is 12.2 Å². The second-order valence-corrected chi connectivity index (χ2v) is 4.43. The molecule has 100 valence electrons. The summed E-state index contributed by atoms with van der Waals surface area (Å²) >= 11 is 0. The minimum absolute atomic E-state index is 0.168. The Morgan fingerprint density at radius 2 is 2.06 bits per heavy atom. The van der Waals surface area contributed by atoms with Gasteiger partial charge in [0.2, 0.25) is 0 Å². The van der Waals surface area contributed by atoms with Crippen LogP contribution < -0.4 is 10.1 Å². The van der Waals surface area contributed by atoms with Gasteiger partial charge < -0.3 is 14.8 Å². The summed E-state index contributed by atoms with van der Waals surface area (Å²) in [6, 6.07) is 6.48. The van der Waals surface area contributed by atoms with Gasteiger partial charge in [-0.2, -0.15) is 8.78 Å². The lowest BCUT2D eigenvalue weighted by atomic mass is 10.2. The molecular formula is C13H17F2NO2. The lowest BCUT2D eigenvalue weighted by Crippen LogP contribution is -2.19. The van der Waals surface area contributed by atoms with Crippen molar-refractivity contribution in [3.63, 3.8) is 0 Å². The highest BCUT2D eigenvalue weighted by Gasteiger charge is 2.21. The Morgan fingerprint density at radius 1 is 1.33 bits per heavy atom. The number of ether oxygens (including phenoxy) is 2. The molecule has 0 radical (unpaired) electrons. The summed E-state index contributed by atoms with van der Waals surface area (Å²) in [5.41, 5.74) is 0.875. The molecule has 0 saturated carbocycles. The highest BCUT2D eigenvalue weighted by atomic mass is 19.3. The van der Waals surface area contributed by atoms with Crippen molar-refractivity contribution in [2.45, 2.75) is 38.6 Å². The van der Waals surface area contributed by atoms with Crippen LogP contribution in [0.15, 0.2) is 24.3 Å². The van der Waals surface area contributed by atoms with E-state index < -0.39 is 6.61 Å². The van der Waals surface area contributed by atoms with Crippen molar-refractivity contribution in [1.29, 1.82) is 0 Å². The Balaban J connectivity index is 1.79. The summed E-state index contributed by atoms with van der Waals surface area (Å²) in [4.78, 5) is 0. The Labute approximate surface area is 105 Å². The van der Waals surface area contributed by atoms with Gasteiger partial charge in [-0.3, -0.25) is 0 Å². The molecule has 1 aromatic carbocycles. The van der Waals surface area contributed by atoms with Gasteiger partial charge in [0, 0.05) is 12.2 Å². The Morgan fingerprint density at radius 3 is 2.61 bits per heavy atom. The fourth-order valence-electron chi connectivity index (χ4n) is 2.02. The van der Waals surface area contributed by atoms with Crippen molar-refractivity contribution in [3.05, 3.63) is 24.3 Å². The largest absolute Gasteiger partial charge is 0.435 e. The molecule has 2 unspecified atom stereocenters. The van der Waals surface area contributed by atoms with E-state index in [4.69, 9.17) is 4.74 Å².